The zero-order chi connectivity index (χ0) is 18.1. The van der Waals surface area contributed by atoms with Gasteiger partial charge in [-0.05, 0) is 30.3 Å². The number of pyridine rings is 1. The summed E-state index contributed by atoms with van der Waals surface area (Å²) in [6, 6.07) is 16.5. The van der Waals surface area contributed by atoms with Crippen molar-refractivity contribution >= 4 is 33.6 Å². The highest BCUT2D eigenvalue weighted by atomic mass is 16.5. The molecule has 26 heavy (non-hydrogen) atoms. The van der Waals surface area contributed by atoms with Gasteiger partial charge < -0.3 is 19.2 Å². The predicted octanol–water partition coefficient (Wildman–Crippen LogP) is 3.67. The molecule has 0 unspecified atom stereocenters. The fourth-order valence-electron chi connectivity index (χ4n) is 2.80. The smallest absolute Gasteiger partial charge is 0.379 e. The van der Waals surface area contributed by atoms with Crippen molar-refractivity contribution in [2.24, 2.45) is 0 Å². The summed E-state index contributed by atoms with van der Waals surface area (Å²) < 4.78 is 16.1. The Kier molecular flexibility index (Phi) is 3.93. The van der Waals surface area contributed by atoms with Crippen LogP contribution in [-0.2, 0) is 0 Å². The highest BCUT2D eigenvalue weighted by Gasteiger charge is 2.18. The Balaban J connectivity index is 1.67. The third kappa shape index (κ3) is 2.93. The monoisotopic (exact) mass is 349 g/mol. The number of aromatic nitrogens is 1. The lowest BCUT2D eigenvalue weighted by Gasteiger charge is -2.04. The van der Waals surface area contributed by atoms with E-state index in [1.165, 1.54) is 0 Å². The van der Waals surface area contributed by atoms with Crippen LogP contribution in [0.25, 0.3) is 22.0 Å². The number of ether oxygens (including phenoxy) is 2. The van der Waals surface area contributed by atoms with Crippen LogP contribution < -0.4 is 19.8 Å². The van der Waals surface area contributed by atoms with Crippen LogP contribution in [0.2, 0.25) is 0 Å². The van der Waals surface area contributed by atoms with E-state index < -0.39 is 0 Å². The van der Waals surface area contributed by atoms with E-state index in [-0.39, 0.29) is 11.7 Å². The number of hydrogen-bond donors (Lipinski definition) is 1. The first-order valence-electron chi connectivity index (χ1n) is 8.05. The van der Waals surface area contributed by atoms with E-state index >= 15 is 0 Å². The van der Waals surface area contributed by atoms with Crippen molar-refractivity contribution in [1.82, 2.24) is 0 Å². The average molecular weight is 349 g/mol. The van der Waals surface area contributed by atoms with Gasteiger partial charge in [0, 0.05) is 23.2 Å². The number of H-pyrrole nitrogens is 1. The minimum atomic E-state index is -0.329. The number of benzene rings is 2. The van der Waals surface area contributed by atoms with Gasteiger partial charge in [0.05, 0.1) is 25.7 Å². The van der Waals surface area contributed by atoms with Gasteiger partial charge in [-0.25, -0.2) is 0 Å². The van der Waals surface area contributed by atoms with Gasteiger partial charge in [-0.1, -0.05) is 6.07 Å². The molecule has 4 aromatic rings. The van der Waals surface area contributed by atoms with E-state index in [1.807, 2.05) is 30.3 Å². The third-order valence-electron chi connectivity index (χ3n) is 4.13. The lowest BCUT2D eigenvalue weighted by molar-refractivity contribution is -0.322. The fourth-order valence-corrected chi connectivity index (χ4v) is 2.80. The number of methoxy groups -OCH3 is 2. The van der Waals surface area contributed by atoms with Crippen LogP contribution in [0.1, 0.15) is 10.6 Å². The molecule has 0 atom stereocenters. The SMILES string of the molecule is COc1cccc(NC(=O)c2cc3cc4ccc(OC)cc4[nH+]c3o2)c1. The van der Waals surface area contributed by atoms with Crippen LogP contribution in [-0.4, -0.2) is 20.1 Å². The van der Waals surface area contributed by atoms with Crippen molar-refractivity contribution < 1.29 is 23.7 Å². The Bertz CT molecular complexity index is 1120. The average Bonchev–Trinajstić information content (AvgIpc) is 3.08. The molecule has 0 bridgehead atoms. The van der Waals surface area contributed by atoms with Gasteiger partial charge in [0.25, 0.3) is 5.91 Å². The lowest BCUT2D eigenvalue weighted by atomic mass is 10.2. The largest absolute Gasteiger partial charge is 0.497 e. The molecule has 0 aliphatic heterocycles. The Labute approximate surface area is 149 Å². The van der Waals surface area contributed by atoms with Crippen molar-refractivity contribution in [2.45, 2.75) is 0 Å². The summed E-state index contributed by atoms with van der Waals surface area (Å²) in [5.41, 5.74) is 2.03. The van der Waals surface area contributed by atoms with Gasteiger partial charge in [-0.3, -0.25) is 4.79 Å². The van der Waals surface area contributed by atoms with E-state index in [0.29, 0.717) is 17.2 Å². The zero-order valence-corrected chi connectivity index (χ0v) is 14.3. The molecule has 6 nitrogen and oxygen atoms in total. The molecular weight excluding hydrogens is 332 g/mol. The maximum Gasteiger partial charge on any atom is 0.379 e. The molecular formula is C20H17N2O4+. The maximum atomic E-state index is 12.5. The fraction of sp³-hybridized carbons (Fsp3) is 0.100. The van der Waals surface area contributed by atoms with E-state index in [9.17, 15) is 4.79 Å². The number of hydrogen-bond acceptors (Lipinski definition) is 4. The molecule has 0 aliphatic carbocycles. The number of amides is 1. The Morgan fingerprint density at radius 1 is 0.962 bits per heavy atom. The van der Waals surface area contributed by atoms with Crippen molar-refractivity contribution in [3.8, 4) is 11.5 Å². The second kappa shape index (κ2) is 6.40. The molecule has 0 saturated heterocycles. The van der Waals surface area contributed by atoms with Crippen molar-refractivity contribution in [2.75, 3.05) is 19.5 Å². The van der Waals surface area contributed by atoms with Gasteiger partial charge in [0.1, 0.15) is 11.5 Å². The number of aromatic amines is 1. The van der Waals surface area contributed by atoms with E-state index in [0.717, 1.165) is 22.0 Å². The second-order valence-electron chi connectivity index (χ2n) is 5.80. The van der Waals surface area contributed by atoms with Gasteiger partial charge in [-0.15, -0.1) is 0 Å². The summed E-state index contributed by atoms with van der Waals surface area (Å²) in [7, 11) is 3.20. The van der Waals surface area contributed by atoms with Crippen LogP contribution in [0.15, 0.2) is 59.0 Å². The zero-order valence-electron chi connectivity index (χ0n) is 14.3. The first kappa shape index (κ1) is 16.0. The molecule has 0 fully saturated rings. The van der Waals surface area contributed by atoms with Crippen LogP contribution >= 0.6 is 0 Å². The molecule has 1 amide bonds. The van der Waals surface area contributed by atoms with E-state index in [4.69, 9.17) is 13.9 Å². The van der Waals surface area contributed by atoms with Crippen molar-refractivity contribution in [3.63, 3.8) is 0 Å². The molecule has 0 saturated carbocycles. The van der Waals surface area contributed by atoms with Crippen molar-refractivity contribution in [3.05, 3.63) is 60.4 Å². The van der Waals surface area contributed by atoms with E-state index in [2.05, 4.69) is 10.3 Å². The molecule has 2 N–H and O–H groups in total. The summed E-state index contributed by atoms with van der Waals surface area (Å²) in [6.07, 6.45) is 0. The Morgan fingerprint density at radius 2 is 1.77 bits per heavy atom. The predicted molar refractivity (Wildman–Crippen MR) is 97.8 cm³/mol. The summed E-state index contributed by atoms with van der Waals surface area (Å²) in [4.78, 5) is 15.7. The minimum absolute atomic E-state index is 0.223. The lowest BCUT2D eigenvalue weighted by Crippen LogP contribution is -2.11. The second-order valence-corrected chi connectivity index (χ2v) is 5.80. The van der Waals surface area contributed by atoms with Crippen LogP contribution in [0.3, 0.4) is 0 Å². The molecule has 2 aromatic heterocycles. The maximum absolute atomic E-state index is 12.5. The number of fused-ring (bicyclic) bond motifs is 2. The molecule has 0 aliphatic rings. The van der Waals surface area contributed by atoms with Crippen LogP contribution in [0, 0.1) is 0 Å². The van der Waals surface area contributed by atoms with Crippen molar-refractivity contribution in [1.29, 1.82) is 0 Å². The summed E-state index contributed by atoms with van der Waals surface area (Å²) in [5, 5.41) is 4.62. The standard InChI is InChI=1S/C20H16N2O4/c1-24-15-5-3-4-14(10-15)21-19(23)18-9-13-8-12-6-7-16(25-2)11-17(12)22-20(13)26-18/h3-11H,1-2H3,(H,21,23)/p+1. The summed E-state index contributed by atoms with van der Waals surface area (Å²) in [5.74, 6) is 1.31. The molecule has 0 radical (unpaired) electrons. The topological polar surface area (TPSA) is 74.8 Å². The normalized spacial score (nSPS) is 10.8. The number of furan rings is 1. The number of anilines is 1. The highest BCUT2D eigenvalue weighted by molar-refractivity contribution is 6.04. The Morgan fingerprint density at radius 3 is 2.58 bits per heavy atom. The molecule has 2 aromatic carbocycles. The van der Waals surface area contributed by atoms with E-state index in [1.54, 1.807) is 38.5 Å². The van der Waals surface area contributed by atoms with Gasteiger partial charge in [0.2, 0.25) is 5.52 Å². The Hall–Kier alpha value is -3.54. The molecule has 2 heterocycles. The first-order valence-corrected chi connectivity index (χ1v) is 8.05. The first-order chi connectivity index (χ1) is 12.7. The number of nitrogens with one attached hydrogen (secondary N) is 2. The number of carbonyl (C=O) groups excluding carboxylic acids is 1. The molecule has 6 heteroatoms. The minimum Gasteiger partial charge on any atom is -0.497 e. The van der Waals surface area contributed by atoms with Gasteiger partial charge in [0.15, 0.2) is 5.76 Å². The summed E-state index contributed by atoms with van der Waals surface area (Å²) in [6.45, 7) is 0. The molecule has 4 rings (SSSR count). The number of carbonyl (C=O) groups is 1. The molecule has 0 spiro atoms. The van der Waals surface area contributed by atoms with Gasteiger partial charge in [-0.2, -0.15) is 4.98 Å². The van der Waals surface area contributed by atoms with Crippen LogP contribution in [0.4, 0.5) is 5.69 Å². The summed E-state index contributed by atoms with van der Waals surface area (Å²) >= 11 is 0. The van der Waals surface area contributed by atoms with Crippen LogP contribution in [0.5, 0.6) is 11.5 Å². The molecule has 130 valence electrons. The quantitative estimate of drug-likeness (QED) is 0.610. The highest BCUT2D eigenvalue weighted by Crippen LogP contribution is 2.24. The number of rotatable bonds is 4. The van der Waals surface area contributed by atoms with Gasteiger partial charge >= 0.3 is 5.71 Å². The third-order valence-corrected chi connectivity index (χ3v) is 4.13.